The number of imidazole rings is 1. The molecule has 1 aliphatic rings. The topological polar surface area (TPSA) is 29.9 Å². The number of nitrogens with one attached hydrogen (secondary N) is 1. The van der Waals surface area contributed by atoms with Crippen LogP contribution in [-0.2, 0) is 13.1 Å². The average molecular weight is 249 g/mol. The van der Waals surface area contributed by atoms with E-state index in [0.717, 1.165) is 18.6 Å². The Bertz CT molecular complexity index is 715. The first-order valence-electron chi connectivity index (χ1n) is 6.64. The van der Waals surface area contributed by atoms with Crippen LogP contribution in [0.5, 0.6) is 0 Å². The fourth-order valence-electron chi connectivity index (χ4n) is 2.83. The molecular formula is C16H15N3. The van der Waals surface area contributed by atoms with Crippen LogP contribution in [0.4, 0.5) is 0 Å². The van der Waals surface area contributed by atoms with E-state index >= 15 is 0 Å². The number of para-hydroxylation sites is 2. The summed E-state index contributed by atoms with van der Waals surface area (Å²) in [4.78, 5) is 4.75. The third kappa shape index (κ3) is 1.74. The number of rotatable bonds is 1. The van der Waals surface area contributed by atoms with Crippen LogP contribution in [0.15, 0.2) is 54.6 Å². The number of aromatic nitrogens is 2. The van der Waals surface area contributed by atoms with Crippen LogP contribution < -0.4 is 5.32 Å². The summed E-state index contributed by atoms with van der Waals surface area (Å²) in [7, 11) is 0. The van der Waals surface area contributed by atoms with E-state index in [4.69, 9.17) is 4.98 Å². The molecule has 2 aromatic carbocycles. The number of hydrogen-bond donors (Lipinski definition) is 1. The van der Waals surface area contributed by atoms with Crippen molar-refractivity contribution in [3.63, 3.8) is 0 Å². The lowest BCUT2D eigenvalue weighted by Crippen LogP contribution is -2.32. The van der Waals surface area contributed by atoms with Crippen molar-refractivity contribution in [2.75, 3.05) is 0 Å². The second-order valence-electron chi connectivity index (χ2n) is 4.97. The Morgan fingerprint density at radius 3 is 2.68 bits per heavy atom. The lowest BCUT2D eigenvalue weighted by Gasteiger charge is -2.25. The maximum absolute atomic E-state index is 4.75. The second-order valence-corrected chi connectivity index (χ2v) is 4.97. The van der Waals surface area contributed by atoms with E-state index in [-0.39, 0.29) is 0 Å². The minimum atomic E-state index is 0.366. The molecule has 94 valence electrons. The number of nitrogens with zero attached hydrogens (tertiary/aromatic N) is 2. The van der Waals surface area contributed by atoms with Crippen molar-refractivity contribution in [2.24, 2.45) is 0 Å². The minimum Gasteiger partial charge on any atom is -0.314 e. The first kappa shape index (κ1) is 10.8. The molecule has 0 saturated carbocycles. The summed E-state index contributed by atoms with van der Waals surface area (Å²) < 4.78 is 2.27. The molecule has 1 unspecified atom stereocenters. The lowest BCUT2D eigenvalue weighted by molar-refractivity contribution is 0.402. The summed E-state index contributed by atoms with van der Waals surface area (Å²) in [5, 5.41) is 3.59. The molecule has 19 heavy (non-hydrogen) atoms. The third-order valence-corrected chi connectivity index (χ3v) is 3.82. The highest BCUT2D eigenvalue weighted by atomic mass is 15.2. The molecule has 0 fully saturated rings. The van der Waals surface area contributed by atoms with Crippen molar-refractivity contribution in [2.45, 2.75) is 19.1 Å². The van der Waals surface area contributed by atoms with E-state index in [2.05, 4.69) is 58.4 Å². The quantitative estimate of drug-likeness (QED) is 0.718. The highest BCUT2D eigenvalue weighted by Gasteiger charge is 2.22. The van der Waals surface area contributed by atoms with Crippen molar-refractivity contribution in [1.29, 1.82) is 0 Å². The van der Waals surface area contributed by atoms with Gasteiger partial charge in [-0.05, 0) is 17.7 Å². The first-order chi connectivity index (χ1) is 9.42. The molecule has 1 aliphatic heterocycles. The van der Waals surface area contributed by atoms with E-state index in [9.17, 15) is 0 Å². The Morgan fingerprint density at radius 2 is 1.79 bits per heavy atom. The predicted octanol–water partition coefficient (Wildman–Crippen LogP) is 2.88. The molecule has 0 bridgehead atoms. The fraction of sp³-hybridized carbons (Fsp3) is 0.188. The van der Waals surface area contributed by atoms with Gasteiger partial charge in [0.25, 0.3) is 0 Å². The van der Waals surface area contributed by atoms with Crippen LogP contribution >= 0.6 is 0 Å². The van der Waals surface area contributed by atoms with Crippen LogP contribution in [0.2, 0.25) is 0 Å². The Labute approximate surface area is 111 Å². The van der Waals surface area contributed by atoms with Gasteiger partial charge in [-0.25, -0.2) is 4.98 Å². The van der Waals surface area contributed by atoms with E-state index in [1.165, 1.54) is 16.9 Å². The SMILES string of the molecule is c1ccc(C2Cc3nc4ccccc4n3CN2)cc1. The lowest BCUT2D eigenvalue weighted by atomic mass is 10.0. The maximum Gasteiger partial charge on any atom is 0.112 e. The number of benzene rings is 2. The summed E-state index contributed by atoms with van der Waals surface area (Å²) in [6.07, 6.45) is 0.943. The van der Waals surface area contributed by atoms with Gasteiger partial charge in [0, 0.05) is 12.5 Å². The summed E-state index contributed by atoms with van der Waals surface area (Å²) in [5.41, 5.74) is 3.64. The zero-order chi connectivity index (χ0) is 12.7. The van der Waals surface area contributed by atoms with Gasteiger partial charge in [-0.1, -0.05) is 42.5 Å². The first-order valence-corrected chi connectivity index (χ1v) is 6.64. The van der Waals surface area contributed by atoms with Gasteiger partial charge in [-0.15, -0.1) is 0 Å². The maximum atomic E-state index is 4.75. The van der Waals surface area contributed by atoms with Crippen molar-refractivity contribution in [3.05, 3.63) is 66.0 Å². The van der Waals surface area contributed by atoms with Gasteiger partial charge < -0.3 is 4.57 Å². The molecule has 4 rings (SSSR count). The van der Waals surface area contributed by atoms with Gasteiger partial charge in [0.1, 0.15) is 5.82 Å². The van der Waals surface area contributed by atoms with E-state index in [0.29, 0.717) is 6.04 Å². The van der Waals surface area contributed by atoms with Crippen molar-refractivity contribution in [3.8, 4) is 0 Å². The molecule has 0 aliphatic carbocycles. The highest BCUT2D eigenvalue weighted by Crippen LogP contribution is 2.25. The zero-order valence-electron chi connectivity index (χ0n) is 10.6. The molecule has 0 amide bonds. The third-order valence-electron chi connectivity index (χ3n) is 3.82. The molecule has 0 saturated heterocycles. The summed E-state index contributed by atoms with van der Waals surface area (Å²) in [6.45, 7) is 0.829. The second kappa shape index (κ2) is 4.21. The Balaban J connectivity index is 1.74. The van der Waals surface area contributed by atoms with Crippen LogP contribution in [0.1, 0.15) is 17.4 Å². The molecular weight excluding hydrogens is 234 g/mol. The van der Waals surface area contributed by atoms with Crippen LogP contribution in [0.25, 0.3) is 11.0 Å². The Kier molecular flexibility index (Phi) is 2.38. The van der Waals surface area contributed by atoms with Gasteiger partial charge in [0.05, 0.1) is 17.7 Å². The summed E-state index contributed by atoms with van der Waals surface area (Å²) >= 11 is 0. The van der Waals surface area contributed by atoms with Crippen molar-refractivity contribution in [1.82, 2.24) is 14.9 Å². The van der Waals surface area contributed by atoms with Gasteiger partial charge in [0.2, 0.25) is 0 Å². The van der Waals surface area contributed by atoms with Gasteiger partial charge in [-0.2, -0.15) is 0 Å². The number of hydrogen-bond acceptors (Lipinski definition) is 2. The highest BCUT2D eigenvalue weighted by molar-refractivity contribution is 5.76. The predicted molar refractivity (Wildman–Crippen MR) is 75.8 cm³/mol. The Morgan fingerprint density at radius 1 is 1.00 bits per heavy atom. The summed E-state index contributed by atoms with van der Waals surface area (Å²) in [5.74, 6) is 1.17. The molecule has 1 aromatic heterocycles. The molecule has 1 N–H and O–H groups in total. The minimum absolute atomic E-state index is 0.366. The monoisotopic (exact) mass is 249 g/mol. The number of fused-ring (bicyclic) bond motifs is 3. The molecule has 3 heteroatoms. The van der Waals surface area contributed by atoms with Crippen LogP contribution in [0.3, 0.4) is 0 Å². The zero-order valence-corrected chi connectivity index (χ0v) is 10.6. The van der Waals surface area contributed by atoms with Crippen molar-refractivity contribution >= 4 is 11.0 Å². The largest absolute Gasteiger partial charge is 0.314 e. The summed E-state index contributed by atoms with van der Waals surface area (Å²) in [6, 6.07) is 19.3. The van der Waals surface area contributed by atoms with E-state index in [1.54, 1.807) is 0 Å². The van der Waals surface area contributed by atoms with E-state index < -0.39 is 0 Å². The molecule has 2 heterocycles. The van der Waals surface area contributed by atoms with Gasteiger partial charge in [-0.3, -0.25) is 5.32 Å². The molecule has 1 atom stereocenters. The van der Waals surface area contributed by atoms with Crippen LogP contribution in [-0.4, -0.2) is 9.55 Å². The molecule has 0 spiro atoms. The van der Waals surface area contributed by atoms with Crippen LogP contribution in [0, 0.1) is 0 Å². The average Bonchev–Trinajstić information content (AvgIpc) is 2.86. The Hall–Kier alpha value is -2.13. The van der Waals surface area contributed by atoms with E-state index in [1.807, 2.05) is 6.07 Å². The fourth-order valence-corrected chi connectivity index (χ4v) is 2.83. The van der Waals surface area contributed by atoms with Crippen molar-refractivity contribution < 1.29 is 0 Å². The smallest absolute Gasteiger partial charge is 0.112 e. The normalized spacial score (nSPS) is 18.4. The molecule has 3 nitrogen and oxygen atoms in total. The molecule has 3 aromatic rings. The van der Waals surface area contributed by atoms with Gasteiger partial charge >= 0.3 is 0 Å². The molecule has 0 radical (unpaired) electrons. The standard InChI is InChI=1S/C16H15N3/c1-2-6-12(7-3-1)14-10-16-18-13-8-4-5-9-15(13)19(16)11-17-14/h1-9,14,17H,10-11H2. The van der Waals surface area contributed by atoms with Gasteiger partial charge in [0.15, 0.2) is 0 Å².